The van der Waals surface area contributed by atoms with Crippen molar-refractivity contribution in [1.82, 2.24) is 10.3 Å². The zero-order valence-corrected chi connectivity index (χ0v) is 11.7. The lowest BCUT2D eigenvalue weighted by atomic mass is 10.1. The van der Waals surface area contributed by atoms with Gasteiger partial charge in [-0.2, -0.15) is 0 Å². The monoisotopic (exact) mass is 275 g/mol. The highest BCUT2D eigenvalue weighted by molar-refractivity contribution is 7.09. The molecule has 4 nitrogen and oxygen atoms in total. The van der Waals surface area contributed by atoms with Crippen LogP contribution in [0.2, 0.25) is 0 Å². The molecule has 1 aromatic heterocycles. The molecular formula is C14H17N3OS. The lowest BCUT2D eigenvalue weighted by molar-refractivity contribution is 0.100. The van der Waals surface area contributed by atoms with Crippen LogP contribution in [0, 0.1) is 6.92 Å². The maximum absolute atomic E-state index is 10.9. The second-order valence-corrected chi connectivity index (χ2v) is 5.31. The van der Waals surface area contributed by atoms with Crippen molar-refractivity contribution < 1.29 is 4.79 Å². The molecule has 0 atom stereocenters. The molecular weight excluding hydrogens is 258 g/mol. The Bertz CT molecular complexity index is 548. The molecule has 1 amide bonds. The van der Waals surface area contributed by atoms with Crippen LogP contribution in [-0.4, -0.2) is 17.4 Å². The topological polar surface area (TPSA) is 68.0 Å². The highest BCUT2D eigenvalue weighted by atomic mass is 32.1. The minimum Gasteiger partial charge on any atom is -0.366 e. The summed E-state index contributed by atoms with van der Waals surface area (Å²) in [6.45, 7) is 3.68. The Hall–Kier alpha value is -1.72. The van der Waals surface area contributed by atoms with Gasteiger partial charge in [0.2, 0.25) is 5.91 Å². The molecule has 0 unspecified atom stereocenters. The number of nitrogens with zero attached hydrogens (tertiary/aromatic N) is 1. The van der Waals surface area contributed by atoms with Crippen LogP contribution >= 0.6 is 11.3 Å². The number of carbonyl (C=O) groups excluding carboxylic acids is 1. The van der Waals surface area contributed by atoms with E-state index < -0.39 is 5.91 Å². The van der Waals surface area contributed by atoms with Crippen molar-refractivity contribution in [1.29, 1.82) is 0 Å². The molecule has 0 aliphatic heterocycles. The first-order valence-electron chi connectivity index (χ1n) is 6.15. The summed E-state index contributed by atoms with van der Waals surface area (Å²) in [6, 6.07) is 7.34. The van der Waals surface area contributed by atoms with Crippen molar-refractivity contribution in [3.05, 3.63) is 51.5 Å². The quantitative estimate of drug-likeness (QED) is 0.791. The Balaban J connectivity index is 1.75. The molecule has 0 spiro atoms. The first-order valence-corrected chi connectivity index (χ1v) is 7.03. The third-order valence-corrected chi connectivity index (χ3v) is 3.78. The lowest BCUT2D eigenvalue weighted by Gasteiger charge is -2.04. The summed E-state index contributed by atoms with van der Waals surface area (Å²) in [4.78, 5) is 15.3. The summed E-state index contributed by atoms with van der Waals surface area (Å²) in [5, 5.41) is 6.59. The van der Waals surface area contributed by atoms with Gasteiger partial charge in [-0.25, -0.2) is 4.98 Å². The van der Waals surface area contributed by atoms with Crippen molar-refractivity contribution >= 4 is 17.2 Å². The van der Waals surface area contributed by atoms with Crippen molar-refractivity contribution in [3.63, 3.8) is 0 Å². The van der Waals surface area contributed by atoms with Gasteiger partial charge in [0.25, 0.3) is 0 Å². The van der Waals surface area contributed by atoms with Gasteiger partial charge < -0.3 is 11.1 Å². The van der Waals surface area contributed by atoms with E-state index in [1.165, 1.54) is 0 Å². The Morgan fingerprint density at radius 1 is 1.37 bits per heavy atom. The summed E-state index contributed by atoms with van der Waals surface area (Å²) >= 11 is 1.70. The third kappa shape index (κ3) is 4.15. The van der Waals surface area contributed by atoms with Crippen molar-refractivity contribution in [2.75, 3.05) is 6.54 Å². The van der Waals surface area contributed by atoms with Crippen LogP contribution < -0.4 is 11.1 Å². The highest BCUT2D eigenvalue weighted by Crippen LogP contribution is 2.08. The van der Waals surface area contributed by atoms with Crippen molar-refractivity contribution in [3.8, 4) is 0 Å². The summed E-state index contributed by atoms with van der Waals surface area (Å²) in [7, 11) is 0. The molecule has 100 valence electrons. The number of aryl methyl sites for hydroxylation is 1. The maximum Gasteiger partial charge on any atom is 0.248 e. The van der Waals surface area contributed by atoms with E-state index in [2.05, 4.69) is 15.7 Å². The smallest absolute Gasteiger partial charge is 0.248 e. The molecule has 0 saturated carbocycles. The van der Waals surface area contributed by atoms with Crippen LogP contribution in [0.4, 0.5) is 0 Å². The third-order valence-electron chi connectivity index (χ3n) is 2.75. The van der Waals surface area contributed by atoms with Gasteiger partial charge in [-0.05, 0) is 24.6 Å². The Labute approximate surface area is 116 Å². The van der Waals surface area contributed by atoms with E-state index in [4.69, 9.17) is 5.73 Å². The normalized spacial score (nSPS) is 10.6. The van der Waals surface area contributed by atoms with E-state index in [9.17, 15) is 4.79 Å². The van der Waals surface area contributed by atoms with Gasteiger partial charge in [0.15, 0.2) is 0 Å². The zero-order valence-electron chi connectivity index (χ0n) is 10.8. The van der Waals surface area contributed by atoms with Gasteiger partial charge in [-0.1, -0.05) is 12.1 Å². The van der Waals surface area contributed by atoms with Crippen molar-refractivity contribution in [2.45, 2.75) is 19.9 Å². The molecule has 1 heterocycles. The van der Waals surface area contributed by atoms with Crippen LogP contribution in [-0.2, 0) is 13.0 Å². The molecule has 2 rings (SSSR count). The van der Waals surface area contributed by atoms with Crippen LogP contribution in [0.3, 0.4) is 0 Å². The maximum atomic E-state index is 10.9. The number of hydrogen-bond acceptors (Lipinski definition) is 4. The highest BCUT2D eigenvalue weighted by Gasteiger charge is 2.00. The van der Waals surface area contributed by atoms with Crippen LogP contribution in [0.1, 0.15) is 26.6 Å². The number of nitrogens with two attached hydrogens (primary N) is 1. The first-order chi connectivity index (χ1) is 9.15. The lowest BCUT2D eigenvalue weighted by Crippen LogP contribution is -2.17. The van der Waals surface area contributed by atoms with E-state index in [1.807, 2.05) is 19.1 Å². The molecule has 0 saturated heterocycles. The fraction of sp³-hybridized carbons (Fsp3) is 0.286. The SMILES string of the molecule is Cc1csc(CCNCc2ccc(C(N)=O)cc2)n1. The molecule has 19 heavy (non-hydrogen) atoms. The number of thiazole rings is 1. The average molecular weight is 275 g/mol. The predicted molar refractivity (Wildman–Crippen MR) is 77.2 cm³/mol. The Morgan fingerprint density at radius 3 is 2.68 bits per heavy atom. The van der Waals surface area contributed by atoms with Gasteiger partial charge in [0, 0.05) is 36.1 Å². The molecule has 0 aliphatic carbocycles. The summed E-state index contributed by atoms with van der Waals surface area (Å²) in [5.74, 6) is -0.390. The number of rotatable bonds is 6. The van der Waals surface area contributed by atoms with Crippen LogP contribution in [0.5, 0.6) is 0 Å². The van der Waals surface area contributed by atoms with E-state index in [1.54, 1.807) is 23.5 Å². The van der Waals surface area contributed by atoms with Gasteiger partial charge in [-0.3, -0.25) is 4.79 Å². The number of primary amides is 1. The van der Waals surface area contributed by atoms with Crippen molar-refractivity contribution in [2.24, 2.45) is 5.73 Å². The molecule has 3 N–H and O–H groups in total. The average Bonchev–Trinajstić information content (AvgIpc) is 2.81. The number of carbonyl (C=O) groups is 1. The summed E-state index contributed by atoms with van der Waals surface area (Å²) in [6.07, 6.45) is 0.942. The molecule has 5 heteroatoms. The number of amides is 1. The largest absolute Gasteiger partial charge is 0.366 e. The van der Waals surface area contributed by atoms with Gasteiger partial charge >= 0.3 is 0 Å². The fourth-order valence-corrected chi connectivity index (χ4v) is 2.51. The Kier molecular flexibility index (Phi) is 4.65. The summed E-state index contributed by atoms with van der Waals surface area (Å²) < 4.78 is 0. The molecule has 0 bridgehead atoms. The minimum absolute atomic E-state index is 0.390. The van der Waals surface area contributed by atoms with Gasteiger partial charge in [0.1, 0.15) is 0 Å². The molecule has 0 fully saturated rings. The predicted octanol–water partition coefficient (Wildman–Crippen LogP) is 1.88. The number of aromatic nitrogens is 1. The van der Waals surface area contributed by atoms with E-state index in [0.717, 1.165) is 35.8 Å². The number of nitrogens with one attached hydrogen (secondary N) is 1. The van der Waals surface area contributed by atoms with Gasteiger partial charge in [0.05, 0.1) is 5.01 Å². The van der Waals surface area contributed by atoms with E-state index in [0.29, 0.717) is 5.56 Å². The summed E-state index contributed by atoms with van der Waals surface area (Å²) in [5.41, 5.74) is 7.96. The van der Waals surface area contributed by atoms with E-state index in [-0.39, 0.29) is 0 Å². The molecule has 0 radical (unpaired) electrons. The zero-order chi connectivity index (χ0) is 13.7. The fourth-order valence-electron chi connectivity index (χ4n) is 1.73. The second-order valence-electron chi connectivity index (χ2n) is 4.37. The number of hydrogen-bond donors (Lipinski definition) is 2. The minimum atomic E-state index is -0.390. The second kappa shape index (κ2) is 6.45. The van der Waals surface area contributed by atoms with Crippen LogP contribution in [0.15, 0.2) is 29.6 Å². The molecule has 0 aliphatic rings. The Morgan fingerprint density at radius 2 is 2.11 bits per heavy atom. The number of benzene rings is 1. The first kappa shape index (κ1) is 13.7. The standard InChI is InChI=1S/C14H17N3OS/c1-10-9-19-13(17-10)6-7-16-8-11-2-4-12(5-3-11)14(15)18/h2-5,9,16H,6-8H2,1H3,(H2,15,18). The van der Waals surface area contributed by atoms with E-state index >= 15 is 0 Å². The molecule has 1 aromatic carbocycles. The van der Waals surface area contributed by atoms with Gasteiger partial charge in [-0.15, -0.1) is 11.3 Å². The van der Waals surface area contributed by atoms with Crippen LogP contribution in [0.25, 0.3) is 0 Å². The molecule has 2 aromatic rings.